The maximum Gasteiger partial charge on any atom is 0.231 e. The average molecular weight is 172 g/mol. The quantitative estimate of drug-likeness (QED) is 0.328. The van der Waals surface area contributed by atoms with Crippen molar-refractivity contribution in [3.05, 3.63) is 11.9 Å². The van der Waals surface area contributed by atoms with Crippen molar-refractivity contribution in [1.82, 2.24) is 0 Å². The predicted molar refractivity (Wildman–Crippen MR) is 43.8 cm³/mol. The van der Waals surface area contributed by atoms with Gasteiger partial charge in [0.05, 0.1) is 0 Å². The second kappa shape index (κ2) is 16.0. The van der Waals surface area contributed by atoms with Gasteiger partial charge >= 0.3 is 0 Å². The number of hydrogen-bond donors (Lipinski definition) is 2. The summed E-state index contributed by atoms with van der Waals surface area (Å²) in [5.41, 5.74) is 0. The van der Waals surface area contributed by atoms with Crippen molar-refractivity contribution in [2.24, 2.45) is 0 Å². The van der Waals surface area contributed by atoms with Crippen LogP contribution in [0.4, 0.5) is 0 Å². The molecule has 0 amide bonds. The van der Waals surface area contributed by atoms with Gasteiger partial charge in [-0.2, -0.15) is 0 Å². The molecule has 1 heterocycles. The van der Waals surface area contributed by atoms with Crippen LogP contribution < -0.4 is 0 Å². The van der Waals surface area contributed by atoms with E-state index in [2.05, 4.69) is 11.9 Å². The molecule has 1 rings (SSSR count). The Morgan fingerprint density at radius 3 is 1.82 bits per heavy atom. The smallest absolute Gasteiger partial charge is 0.222 e. The minimum Gasteiger partial charge on any atom is -0.222 e. The van der Waals surface area contributed by atoms with Crippen molar-refractivity contribution >= 4 is 20.7 Å². The van der Waals surface area contributed by atoms with Gasteiger partial charge < -0.3 is 0 Å². The van der Waals surface area contributed by atoms with Crippen LogP contribution in [-0.2, 0) is 9.59 Å². The molecule has 60 valence electrons. The molecule has 1 aliphatic heterocycles. The van der Waals surface area contributed by atoms with Crippen molar-refractivity contribution in [2.45, 2.75) is 6.42 Å². The largest absolute Gasteiger partial charge is 0.231 e. The second-order valence-electron chi connectivity index (χ2n) is 1.35. The molecule has 0 aromatic rings. The number of hydrogen-bond acceptors (Lipinski definition) is 4. The molecule has 0 spiro atoms. The maximum absolute atomic E-state index is 8.35. The van der Waals surface area contributed by atoms with Gasteiger partial charge in [0.1, 0.15) is 0 Å². The van der Waals surface area contributed by atoms with Crippen LogP contribution in [0.25, 0.3) is 0 Å². The van der Waals surface area contributed by atoms with E-state index in [4.69, 9.17) is 20.4 Å². The molecule has 0 bridgehead atoms. The maximum atomic E-state index is 8.35. The fourth-order valence-corrected chi connectivity index (χ4v) is 1.25. The summed E-state index contributed by atoms with van der Waals surface area (Å²) < 4.78 is 0. The monoisotopic (exact) mass is 172 g/mol. The van der Waals surface area contributed by atoms with Crippen LogP contribution in [0, 0.1) is 10.8 Å². The van der Waals surface area contributed by atoms with E-state index in [1.807, 2.05) is 0 Å². The first-order chi connectivity index (χ1) is 5.33. The minimum absolute atomic E-state index is 0.750. The van der Waals surface area contributed by atoms with Crippen molar-refractivity contribution < 1.29 is 9.59 Å². The van der Waals surface area contributed by atoms with Gasteiger partial charge in [-0.3, -0.25) is 0 Å². The Hall–Kier alpha value is -1.07. The molecule has 0 aromatic carbocycles. The SMILES string of the molecule is C1=CPCC1.N=C=O.N=C=O. The first-order valence-electron chi connectivity index (χ1n) is 2.79. The van der Waals surface area contributed by atoms with Crippen molar-refractivity contribution in [1.29, 1.82) is 10.8 Å². The lowest BCUT2D eigenvalue weighted by Crippen LogP contribution is -1.54. The third kappa shape index (κ3) is 27.8. The van der Waals surface area contributed by atoms with E-state index < -0.39 is 0 Å². The van der Waals surface area contributed by atoms with Gasteiger partial charge in [0.2, 0.25) is 12.2 Å². The summed E-state index contributed by atoms with van der Waals surface area (Å²) in [4.78, 5) is 16.7. The lowest BCUT2D eigenvalue weighted by atomic mass is 10.5. The van der Waals surface area contributed by atoms with Gasteiger partial charge in [0, 0.05) is 0 Å². The normalized spacial score (nSPS) is 13.1. The Morgan fingerprint density at radius 1 is 1.27 bits per heavy atom. The summed E-state index contributed by atoms with van der Waals surface area (Å²) in [7, 11) is 1.13. The number of carbonyl (C=O) groups excluding carboxylic acids is 2. The van der Waals surface area contributed by atoms with Crippen LogP contribution in [0.5, 0.6) is 0 Å². The van der Waals surface area contributed by atoms with E-state index in [-0.39, 0.29) is 0 Å². The Morgan fingerprint density at radius 2 is 1.73 bits per heavy atom. The van der Waals surface area contributed by atoms with E-state index in [0.29, 0.717) is 0 Å². The molecule has 1 unspecified atom stereocenters. The van der Waals surface area contributed by atoms with Crippen molar-refractivity contribution in [3.63, 3.8) is 0 Å². The average Bonchev–Trinajstić information content (AvgIpc) is 2.44. The third-order valence-corrected chi connectivity index (χ3v) is 1.74. The first kappa shape index (κ1) is 12.6. The Kier molecular flexibility index (Phi) is 18.3. The third-order valence-electron chi connectivity index (χ3n) is 0.691. The molecule has 5 heteroatoms. The number of allylic oxidation sites excluding steroid dienone is 1. The summed E-state index contributed by atoms with van der Waals surface area (Å²) in [6.07, 6.45) is 6.50. The lowest BCUT2D eigenvalue weighted by Gasteiger charge is -1.69. The number of nitrogens with one attached hydrogen (secondary N) is 2. The molecule has 0 aliphatic carbocycles. The molecule has 4 nitrogen and oxygen atoms in total. The van der Waals surface area contributed by atoms with Crippen LogP contribution in [-0.4, -0.2) is 18.3 Å². The van der Waals surface area contributed by atoms with Crippen molar-refractivity contribution in [2.75, 3.05) is 6.16 Å². The van der Waals surface area contributed by atoms with Crippen LogP contribution >= 0.6 is 8.58 Å². The molecule has 0 aromatic heterocycles. The van der Waals surface area contributed by atoms with Crippen LogP contribution in [0.3, 0.4) is 0 Å². The van der Waals surface area contributed by atoms with Crippen LogP contribution in [0.2, 0.25) is 0 Å². The fourth-order valence-electron chi connectivity index (χ4n) is 0.417. The van der Waals surface area contributed by atoms with E-state index in [0.717, 1.165) is 20.7 Å². The first-order valence-corrected chi connectivity index (χ1v) is 4.08. The highest BCUT2D eigenvalue weighted by atomic mass is 31.1. The molecule has 1 aliphatic rings. The highest BCUT2D eigenvalue weighted by Gasteiger charge is 1.84. The summed E-state index contributed by atoms with van der Waals surface area (Å²) in [5, 5.41) is 10.8. The molecular formula is C6H9N2O2P. The Balaban J connectivity index is 0. The number of isocyanates is 2. The van der Waals surface area contributed by atoms with Crippen LogP contribution in [0.15, 0.2) is 11.9 Å². The highest BCUT2D eigenvalue weighted by Crippen LogP contribution is 2.19. The number of rotatable bonds is 0. The van der Waals surface area contributed by atoms with Gasteiger partial charge in [-0.05, 0) is 12.6 Å². The Bertz CT molecular complexity index is 149. The summed E-state index contributed by atoms with van der Waals surface area (Å²) in [6, 6.07) is 0. The zero-order valence-electron chi connectivity index (χ0n) is 5.89. The molecule has 0 fully saturated rings. The van der Waals surface area contributed by atoms with E-state index in [1.165, 1.54) is 12.6 Å². The molecule has 2 N–H and O–H groups in total. The van der Waals surface area contributed by atoms with Gasteiger partial charge in [0.15, 0.2) is 0 Å². The standard InChI is InChI=1S/C4H7P.2CHNO/c1-2-4-5-3-1;2*2-1-3/h1,3,5H,2,4H2;2*2H. The molecule has 11 heavy (non-hydrogen) atoms. The predicted octanol–water partition coefficient (Wildman–Crippen LogP) is 1.38. The van der Waals surface area contributed by atoms with E-state index in [1.54, 1.807) is 0 Å². The second-order valence-corrected chi connectivity index (χ2v) is 2.59. The lowest BCUT2D eigenvalue weighted by molar-refractivity contribution is 0.562. The van der Waals surface area contributed by atoms with E-state index in [9.17, 15) is 0 Å². The van der Waals surface area contributed by atoms with Gasteiger partial charge in [-0.15, -0.1) is 0 Å². The Labute approximate surface area is 66.5 Å². The van der Waals surface area contributed by atoms with E-state index >= 15 is 0 Å². The van der Waals surface area contributed by atoms with Crippen LogP contribution in [0.1, 0.15) is 6.42 Å². The molecule has 0 saturated heterocycles. The molecule has 1 atom stereocenters. The van der Waals surface area contributed by atoms with Gasteiger partial charge in [-0.1, -0.05) is 20.5 Å². The summed E-state index contributed by atoms with van der Waals surface area (Å²) in [5.74, 6) is 2.26. The fraction of sp³-hybridized carbons (Fsp3) is 0.333. The zero-order chi connectivity index (χ0) is 8.95. The molecule has 0 radical (unpaired) electrons. The summed E-state index contributed by atoms with van der Waals surface area (Å²) in [6.45, 7) is 0. The van der Waals surface area contributed by atoms with Gasteiger partial charge in [-0.25, -0.2) is 20.4 Å². The van der Waals surface area contributed by atoms with Crippen molar-refractivity contribution in [3.8, 4) is 0 Å². The zero-order valence-corrected chi connectivity index (χ0v) is 6.89. The molecule has 0 saturated carbocycles. The summed E-state index contributed by atoms with van der Waals surface area (Å²) >= 11 is 0. The highest BCUT2D eigenvalue weighted by molar-refractivity contribution is 7.42. The molecular weight excluding hydrogens is 163 g/mol. The minimum atomic E-state index is 0.750. The topological polar surface area (TPSA) is 81.8 Å². The van der Waals surface area contributed by atoms with Gasteiger partial charge in [0.25, 0.3) is 0 Å².